The highest BCUT2D eigenvalue weighted by Gasteiger charge is 2.48. The van der Waals surface area contributed by atoms with Gasteiger partial charge in [-0.2, -0.15) is 0 Å². The lowest BCUT2D eigenvalue weighted by Gasteiger charge is -2.43. The van der Waals surface area contributed by atoms with Crippen LogP contribution in [0.5, 0.6) is 0 Å². The first-order valence-corrected chi connectivity index (χ1v) is 12.0. The average Bonchev–Trinajstić information content (AvgIpc) is 2.81. The lowest BCUT2D eigenvalue weighted by atomic mass is 9.86. The molecule has 2 heterocycles. The zero-order valence-electron chi connectivity index (χ0n) is 18.0. The van der Waals surface area contributed by atoms with Crippen LogP contribution in [0.2, 0.25) is 5.02 Å². The average molecular weight is 481 g/mol. The van der Waals surface area contributed by atoms with Gasteiger partial charge in [0.1, 0.15) is 6.54 Å². The third-order valence-electron chi connectivity index (χ3n) is 5.81. The van der Waals surface area contributed by atoms with Gasteiger partial charge in [0.2, 0.25) is 0 Å². The van der Waals surface area contributed by atoms with E-state index in [1.165, 1.54) is 11.8 Å². The van der Waals surface area contributed by atoms with E-state index in [2.05, 4.69) is 0 Å². The second-order valence-electron chi connectivity index (χ2n) is 7.63. The first-order valence-electron chi connectivity index (χ1n) is 10.4. The summed E-state index contributed by atoms with van der Waals surface area (Å²) in [5.74, 6) is -3.21. The molecule has 0 unspecified atom stereocenters. The van der Waals surface area contributed by atoms with Gasteiger partial charge >= 0.3 is 5.97 Å². The number of alkyl halides is 2. The van der Waals surface area contributed by atoms with E-state index < -0.39 is 17.9 Å². The predicted molar refractivity (Wildman–Crippen MR) is 125 cm³/mol. The summed E-state index contributed by atoms with van der Waals surface area (Å²) in [6.45, 7) is 3.78. The van der Waals surface area contributed by atoms with Crippen LogP contribution in [0.15, 0.2) is 40.0 Å². The number of hydrogen-bond acceptors (Lipinski definition) is 5. The number of fused-ring (bicyclic) bond motifs is 3. The number of esters is 1. The molecule has 1 aromatic heterocycles. The van der Waals surface area contributed by atoms with Crippen molar-refractivity contribution in [3.05, 3.63) is 45.6 Å². The van der Waals surface area contributed by atoms with Gasteiger partial charge in [-0.05, 0) is 36.6 Å². The Hall–Kier alpha value is -2.32. The quantitative estimate of drug-likeness (QED) is 0.268. The van der Waals surface area contributed by atoms with Crippen molar-refractivity contribution in [2.24, 2.45) is 0 Å². The third kappa shape index (κ3) is 3.73. The highest BCUT2D eigenvalue weighted by atomic mass is 35.5. The van der Waals surface area contributed by atoms with Gasteiger partial charge in [-0.15, -0.1) is 11.8 Å². The van der Waals surface area contributed by atoms with Gasteiger partial charge in [0.15, 0.2) is 12.2 Å². The molecule has 1 aliphatic heterocycles. The molecule has 5 nitrogen and oxygen atoms in total. The minimum Gasteiger partial charge on any atom is -0.443 e. The molecule has 1 saturated carbocycles. The molecule has 0 spiro atoms. The number of aromatic nitrogens is 1. The Kier molecular flexibility index (Phi) is 6.11. The van der Waals surface area contributed by atoms with Gasteiger partial charge in [-0.25, -0.2) is 8.78 Å². The van der Waals surface area contributed by atoms with E-state index in [1.807, 2.05) is 20.1 Å². The van der Waals surface area contributed by atoms with E-state index in [9.17, 15) is 18.4 Å². The number of thioether (sulfide) groups is 1. The number of carbonyl (C=O) groups is 1. The minimum atomic E-state index is -2.70. The fourth-order valence-corrected chi connectivity index (χ4v) is 5.35. The Labute approximate surface area is 193 Å². The molecule has 32 heavy (non-hydrogen) atoms. The number of halogens is 3. The summed E-state index contributed by atoms with van der Waals surface area (Å²) in [7, 11) is 0. The van der Waals surface area contributed by atoms with Gasteiger partial charge < -0.3 is 14.2 Å². The fraction of sp³-hybridized carbons (Fsp3) is 0.391. The van der Waals surface area contributed by atoms with Crippen LogP contribution in [0.25, 0.3) is 21.8 Å². The van der Waals surface area contributed by atoms with Gasteiger partial charge in [-0.1, -0.05) is 25.4 Å². The second kappa shape index (κ2) is 8.56. The third-order valence-corrected chi connectivity index (χ3v) is 7.06. The first kappa shape index (κ1) is 22.9. The number of cyclic esters (lactones) is 1. The largest absolute Gasteiger partial charge is 0.443 e. The number of anilines is 1. The summed E-state index contributed by atoms with van der Waals surface area (Å²) >= 11 is 7.77. The Balaban J connectivity index is 0.00000119. The summed E-state index contributed by atoms with van der Waals surface area (Å²) in [4.78, 5) is 28.2. The predicted octanol–water partition coefficient (Wildman–Crippen LogP) is 5.67. The van der Waals surface area contributed by atoms with E-state index in [0.29, 0.717) is 37.4 Å². The van der Waals surface area contributed by atoms with E-state index in [1.54, 1.807) is 39.8 Å². The molecular formula is C23H23ClF2N2O3S. The molecule has 2 bridgehead atoms. The minimum absolute atomic E-state index is 0.112. The normalized spacial score (nSPS) is 17.8. The van der Waals surface area contributed by atoms with E-state index in [-0.39, 0.29) is 31.5 Å². The summed E-state index contributed by atoms with van der Waals surface area (Å²) < 4.78 is 34.1. The van der Waals surface area contributed by atoms with E-state index >= 15 is 0 Å². The molecule has 170 valence electrons. The molecule has 0 saturated heterocycles. The Morgan fingerprint density at radius 1 is 1.12 bits per heavy atom. The zero-order chi connectivity index (χ0) is 23.2. The standard InChI is InChI=1S/C21H17ClF2N2O3S.C2H6/c1-30-20-15(22)5-4-14-18(20)25-9-17(27)29-10-26(12-7-21(23,24)8-12)11-2-3-13(19(14)28)16(25)6-11;1-2/h2-6,12H,7-10H2,1H3;1-2H3. The van der Waals surface area contributed by atoms with Crippen LogP contribution >= 0.6 is 23.4 Å². The first-order chi connectivity index (χ1) is 15.3. The molecular weight excluding hydrogens is 458 g/mol. The number of rotatable bonds is 2. The van der Waals surface area contributed by atoms with Crippen molar-refractivity contribution in [3.63, 3.8) is 0 Å². The summed E-state index contributed by atoms with van der Waals surface area (Å²) in [6.07, 6.45) is 1.27. The van der Waals surface area contributed by atoms with Crippen molar-refractivity contribution in [1.29, 1.82) is 0 Å². The fourth-order valence-electron chi connectivity index (χ4n) is 4.29. The highest BCUT2D eigenvalue weighted by molar-refractivity contribution is 7.99. The van der Waals surface area contributed by atoms with Crippen LogP contribution in [0, 0.1) is 0 Å². The lowest BCUT2D eigenvalue weighted by molar-refractivity contribution is -0.145. The molecule has 3 aromatic rings. The Bertz CT molecular complexity index is 1270. The van der Waals surface area contributed by atoms with E-state index in [0.717, 1.165) is 0 Å². The highest BCUT2D eigenvalue weighted by Crippen LogP contribution is 2.43. The van der Waals surface area contributed by atoms with Gasteiger partial charge in [0, 0.05) is 35.3 Å². The molecule has 2 aromatic carbocycles. The summed E-state index contributed by atoms with van der Waals surface area (Å²) in [5.41, 5.74) is 1.60. The number of hydrogen-bond donors (Lipinski definition) is 0. The number of benzene rings is 2. The zero-order valence-corrected chi connectivity index (χ0v) is 19.5. The molecule has 0 N–H and O–H groups in total. The summed E-state index contributed by atoms with van der Waals surface area (Å²) in [5, 5.41) is 1.40. The maximum absolute atomic E-state index is 13.5. The van der Waals surface area contributed by atoms with Crippen LogP contribution < -0.4 is 10.3 Å². The SMILES string of the molecule is CC.CSc1c(Cl)ccc2c(=O)c3ccc4cc3n(c12)CC(=O)OCN4C1CC(F)(F)C1. The molecule has 0 atom stereocenters. The van der Waals surface area contributed by atoms with E-state index in [4.69, 9.17) is 16.3 Å². The Morgan fingerprint density at radius 2 is 1.81 bits per heavy atom. The van der Waals surface area contributed by atoms with Gasteiger partial charge in [0.05, 0.1) is 21.0 Å². The van der Waals surface area contributed by atoms with Crippen LogP contribution in [-0.4, -0.2) is 35.5 Å². The summed E-state index contributed by atoms with van der Waals surface area (Å²) in [6, 6.07) is 8.10. The van der Waals surface area contributed by atoms with Crippen molar-refractivity contribution >= 4 is 56.8 Å². The van der Waals surface area contributed by atoms with Gasteiger partial charge in [-0.3, -0.25) is 9.59 Å². The van der Waals surface area contributed by atoms with Crippen LogP contribution in [0.3, 0.4) is 0 Å². The number of ether oxygens (including phenoxy) is 1. The maximum Gasteiger partial charge on any atom is 0.327 e. The lowest BCUT2D eigenvalue weighted by Crippen LogP contribution is -2.52. The molecule has 0 radical (unpaired) electrons. The molecule has 1 fully saturated rings. The number of pyridine rings is 1. The second-order valence-corrected chi connectivity index (χ2v) is 8.85. The monoisotopic (exact) mass is 480 g/mol. The van der Waals surface area contributed by atoms with Gasteiger partial charge in [0.25, 0.3) is 5.92 Å². The topological polar surface area (TPSA) is 51.5 Å². The van der Waals surface area contributed by atoms with Crippen molar-refractivity contribution < 1.29 is 18.3 Å². The molecule has 9 heteroatoms. The van der Waals surface area contributed by atoms with Crippen LogP contribution in [0.4, 0.5) is 14.5 Å². The van der Waals surface area contributed by atoms with Crippen molar-refractivity contribution in [2.45, 2.75) is 50.1 Å². The smallest absolute Gasteiger partial charge is 0.327 e. The number of carbonyl (C=O) groups excluding carboxylic acids is 1. The Morgan fingerprint density at radius 3 is 2.47 bits per heavy atom. The van der Waals surface area contributed by atoms with Crippen LogP contribution in [0.1, 0.15) is 26.7 Å². The number of nitrogens with zero attached hydrogens (tertiary/aromatic N) is 2. The molecule has 1 aliphatic carbocycles. The van der Waals surface area contributed by atoms with Crippen molar-refractivity contribution in [1.82, 2.24) is 4.57 Å². The van der Waals surface area contributed by atoms with Crippen molar-refractivity contribution in [3.8, 4) is 0 Å². The molecule has 5 rings (SSSR count). The van der Waals surface area contributed by atoms with Crippen molar-refractivity contribution in [2.75, 3.05) is 17.9 Å². The van der Waals surface area contributed by atoms with Crippen LogP contribution in [-0.2, 0) is 16.1 Å². The molecule has 2 aliphatic rings. The molecule has 0 amide bonds. The maximum atomic E-state index is 13.5.